The first-order valence-corrected chi connectivity index (χ1v) is 20.7. The summed E-state index contributed by atoms with van der Waals surface area (Å²) in [5, 5.41) is 81.4. The number of nitrogens with one attached hydrogen (secondary N) is 2. The molecule has 10 heteroatoms. The van der Waals surface area contributed by atoms with Gasteiger partial charge in [-0.25, -0.2) is 0 Å². The molecule has 1 aliphatic heterocycles. The highest BCUT2D eigenvalue weighted by molar-refractivity contribution is 5.66. The molecule has 0 spiro atoms. The molecular formula is C46H68N2O8. The van der Waals surface area contributed by atoms with Crippen molar-refractivity contribution in [1.29, 1.82) is 0 Å². The number of aliphatic carboxylic acids is 1. The van der Waals surface area contributed by atoms with Crippen LogP contribution in [0.4, 0.5) is 0 Å². The number of benzene rings is 2. The van der Waals surface area contributed by atoms with Gasteiger partial charge in [0.15, 0.2) is 0 Å². The lowest BCUT2D eigenvalue weighted by Crippen LogP contribution is -2.54. The first-order chi connectivity index (χ1) is 26.9. The van der Waals surface area contributed by atoms with E-state index >= 15 is 0 Å². The van der Waals surface area contributed by atoms with E-state index < -0.39 is 36.4 Å². The summed E-state index contributed by atoms with van der Waals surface area (Å²) < 4.78 is 0. The lowest BCUT2D eigenvalue weighted by molar-refractivity contribution is -0.137. The van der Waals surface area contributed by atoms with Gasteiger partial charge >= 0.3 is 5.97 Å². The number of carbonyl (C=O) groups is 1. The van der Waals surface area contributed by atoms with Crippen LogP contribution in [0.25, 0.3) is 0 Å². The summed E-state index contributed by atoms with van der Waals surface area (Å²) in [6, 6.07) is 12.0. The summed E-state index contributed by atoms with van der Waals surface area (Å²) in [6.07, 6.45) is 10.5. The van der Waals surface area contributed by atoms with Crippen LogP contribution in [0.1, 0.15) is 120 Å². The van der Waals surface area contributed by atoms with Crippen LogP contribution in [0.2, 0.25) is 0 Å². The second-order valence-electron chi connectivity index (χ2n) is 15.5. The number of carboxylic acid groups (broad SMARTS) is 1. The van der Waals surface area contributed by atoms with E-state index in [1.807, 2.05) is 37.3 Å². The molecule has 3 rings (SSSR count). The number of phenols is 1. The van der Waals surface area contributed by atoms with Gasteiger partial charge in [0.25, 0.3) is 0 Å². The molecule has 0 fully saturated rings. The van der Waals surface area contributed by atoms with Gasteiger partial charge in [0.05, 0.1) is 24.4 Å². The van der Waals surface area contributed by atoms with Gasteiger partial charge in [-0.05, 0) is 111 Å². The van der Waals surface area contributed by atoms with Crippen molar-refractivity contribution >= 4 is 5.97 Å². The SMILES string of the molecule is CCCCC[C@H](O)/C=C/C1=C(\C[C@H](O)CO)[C@H](CCC[C@H](CCC(=O)O)NCC)N[C@@H]([C@@](C)(O)Cc2ccc(O)cc2CCO)CC#Cc2ccccc2CC1. The molecule has 56 heavy (non-hydrogen) atoms. The molecule has 0 amide bonds. The Morgan fingerprint density at radius 1 is 1.04 bits per heavy atom. The van der Waals surface area contributed by atoms with Crippen molar-refractivity contribution in [3.8, 4) is 17.6 Å². The molecule has 0 aromatic heterocycles. The van der Waals surface area contributed by atoms with Crippen LogP contribution in [-0.2, 0) is 24.1 Å². The number of aliphatic hydroxyl groups excluding tert-OH is 4. The lowest BCUT2D eigenvalue weighted by Gasteiger charge is -2.38. The first kappa shape index (κ1) is 46.8. The number of aryl methyl sites for hydroxylation is 1. The van der Waals surface area contributed by atoms with E-state index in [4.69, 9.17) is 0 Å². The van der Waals surface area contributed by atoms with E-state index in [2.05, 4.69) is 35.5 Å². The quantitative estimate of drug-likeness (QED) is 0.0518. The Kier molecular flexibility index (Phi) is 20.9. The Labute approximate surface area is 334 Å². The smallest absolute Gasteiger partial charge is 0.303 e. The van der Waals surface area contributed by atoms with Crippen molar-refractivity contribution in [3.05, 3.63) is 88.0 Å². The highest BCUT2D eigenvalue weighted by Crippen LogP contribution is 2.31. The maximum Gasteiger partial charge on any atom is 0.303 e. The number of rotatable bonds is 23. The number of carboxylic acids is 1. The summed E-state index contributed by atoms with van der Waals surface area (Å²) >= 11 is 0. The zero-order valence-electron chi connectivity index (χ0n) is 33.8. The standard InChI is InChI=1S/C46H68N2O8/c1-4-6-7-16-39(51)24-21-35-20-19-34-13-9-8-12-33(34)14-10-18-44(46(3,56)31-37-22-25-40(52)29-36(37)27-28-49)48-43(42(35)30-41(53)32-50)17-11-15-38(47-5-2)23-26-45(54)55/h8-9,12-13,21-22,24-25,29,38-39,41,43-44,47-53,56H,4-7,11,15-20,23,26-28,30-32H2,1-3H3,(H,54,55)/b24-21+,42-35+/t38-,39+,41+,43+,44-,46+/m1/s1. The van der Waals surface area contributed by atoms with Gasteiger partial charge < -0.3 is 46.4 Å². The van der Waals surface area contributed by atoms with Crippen LogP contribution in [-0.4, -0.2) is 97.4 Å². The number of unbranched alkanes of at least 4 members (excludes halogenated alkanes) is 2. The zero-order chi connectivity index (χ0) is 40.9. The lowest BCUT2D eigenvalue weighted by atomic mass is 9.82. The minimum atomic E-state index is -1.38. The van der Waals surface area contributed by atoms with Crippen molar-refractivity contribution < 1.29 is 40.5 Å². The molecule has 0 bridgehead atoms. The Morgan fingerprint density at radius 3 is 2.54 bits per heavy atom. The van der Waals surface area contributed by atoms with Gasteiger partial charge in [-0.1, -0.05) is 87.8 Å². The van der Waals surface area contributed by atoms with Crippen LogP contribution in [0.3, 0.4) is 0 Å². The molecule has 0 radical (unpaired) electrons. The molecule has 310 valence electrons. The van der Waals surface area contributed by atoms with Crippen LogP contribution >= 0.6 is 0 Å². The number of aromatic hydroxyl groups is 1. The molecule has 9 N–H and O–H groups in total. The average molecular weight is 777 g/mol. The van der Waals surface area contributed by atoms with E-state index in [9.17, 15) is 40.5 Å². The van der Waals surface area contributed by atoms with E-state index in [0.29, 0.717) is 57.9 Å². The fourth-order valence-corrected chi connectivity index (χ4v) is 7.68. The molecule has 10 nitrogen and oxygen atoms in total. The molecule has 0 saturated heterocycles. The van der Waals surface area contributed by atoms with E-state index in [-0.39, 0.29) is 50.1 Å². The minimum Gasteiger partial charge on any atom is -0.508 e. The first-order valence-electron chi connectivity index (χ1n) is 20.7. The second-order valence-corrected chi connectivity index (χ2v) is 15.5. The Hall–Kier alpha value is -3.53. The zero-order valence-corrected chi connectivity index (χ0v) is 33.8. The molecule has 2 aromatic carbocycles. The van der Waals surface area contributed by atoms with E-state index in [0.717, 1.165) is 52.7 Å². The fourth-order valence-electron chi connectivity index (χ4n) is 7.68. The minimum absolute atomic E-state index is 0.00356. The Balaban J connectivity index is 2.20. The molecule has 1 aliphatic rings. The fraction of sp³-hybridized carbons (Fsp3) is 0.587. The third-order valence-electron chi connectivity index (χ3n) is 10.8. The highest BCUT2D eigenvalue weighted by atomic mass is 16.4. The van der Waals surface area contributed by atoms with Crippen molar-refractivity contribution in [3.63, 3.8) is 0 Å². The summed E-state index contributed by atoms with van der Waals surface area (Å²) in [5.74, 6) is 5.98. The highest BCUT2D eigenvalue weighted by Gasteiger charge is 2.35. The summed E-state index contributed by atoms with van der Waals surface area (Å²) in [4.78, 5) is 11.4. The Bertz CT molecular complexity index is 1610. The van der Waals surface area contributed by atoms with E-state index in [1.54, 1.807) is 25.1 Å². The maximum absolute atomic E-state index is 12.5. The molecular weight excluding hydrogens is 709 g/mol. The third kappa shape index (κ3) is 16.1. The number of fused-ring (bicyclic) bond motifs is 1. The Morgan fingerprint density at radius 2 is 1.82 bits per heavy atom. The van der Waals surface area contributed by atoms with Gasteiger partial charge in [-0.3, -0.25) is 4.79 Å². The number of hydrogen-bond acceptors (Lipinski definition) is 9. The van der Waals surface area contributed by atoms with Gasteiger partial charge in [0.2, 0.25) is 0 Å². The molecule has 0 saturated carbocycles. The maximum atomic E-state index is 12.5. The molecule has 0 aliphatic carbocycles. The molecule has 0 unspecified atom stereocenters. The predicted molar refractivity (Wildman–Crippen MR) is 222 cm³/mol. The van der Waals surface area contributed by atoms with Crippen LogP contribution in [0.15, 0.2) is 65.8 Å². The number of phenolic OH excluding ortho intramolecular Hbond substituents is 1. The third-order valence-corrected chi connectivity index (χ3v) is 10.8. The topological polar surface area (TPSA) is 183 Å². The molecule has 2 aromatic rings. The monoisotopic (exact) mass is 776 g/mol. The van der Waals surface area contributed by atoms with Gasteiger partial charge in [0, 0.05) is 49.6 Å². The molecule has 1 heterocycles. The van der Waals surface area contributed by atoms with Crippen LogP contribution < -0.4 is 10.6 Å². The van der Waals surface area contributed by atoms with Crippen molar-refractivity contribution in [2.24, 2.45) is 0 Å². The number of hydrogen-bond donors (Lipinski definition) is 9. The average Bonchev–Trinajstić information content (AvgIpc) is 3.16. The van der Waals surface area contributed by atoms with Gasteiger partial charge in [0.1, 0.15) is 5.75 Å². The summed E-state index contributed by atoms with van der Waals surface area (Å²) in [6.45, 7) is 6.05. The largest absolute Gasteiger partial charge is 0.508 e. The van der Waals surface area contributed by atoms with E-state index in [1.165, 1.54) is 0 Å². The van der Waals surface area contributed by atoms with Crippen molar-refractivity contribution in [2.75, 3.05) is 19.8 Å². The van der Waals surface area contributed by atoms with Crippen molar-refractivity contribution in [2.45, 2.75) is 153 Å². The predicted octanol–water partition coefficient (Wildman–Crippen LogP) is 5.49. The number of allylic oxidation sites excluding steroid dienone is 2. The van der Waals surface area contributed by atoms with Crippen molar-refractivity contribution in [1.82, 2.24) is 10.6 Å². The second kappa shape index (κ2) is 25.0. The van der Waals surface area contributed by atoms with Crippen LogP contribution in [0, 0.1) is 11.8 Å². The summed E-state index contributed by atoms with van der Waals surface area (Å²) in [5.41, 5.74) is 3.93. The van der Waals surface area contributed by atoms with Crippen LogP contribution in [0.5, 0.6) is 5.75 Å². The summed E-state index contributed by atoms with van der Waals surface area (Å²) in [7, 11) is 0. The van der Waals surface area contributed by atoms with Gasteiger partial charge in [-0.2, -0.15) is 0 Å². The number of aliphatic hydroxyl groups is 5. The normalized spacial score (nSPS) is 20.5. The molecule has 6 atom stereocenters. The van der Waals surface area contributed by atoms with Gasteiger partial charge in [-0.15, -0.1) is 0 Å².